The van der Waals surface area contributed by atoms with Gasteiger partial charge in [-0.1, -0.05) is 87.0 Å². The first-order valence-corrected chi connectivity index (χ1v) is 14.2. The molecule has 0 unspecified atom stereocenters. The molecule has 1 aromatic carbocycles. The van der Waals surface area contributed by atoms with Gasteiger partial charge in [-0.15, -0.1) is 0 Å². The maximum absolute atomic E-state index is 6.43. The van der Waals surface area contributed by atoms with E-state index in [-0.39, 0.29) is 0 Å². The van der Waals surface area contributed by atoms with E-state index in [0.717, 1.165) is 49.2 Å². The van der Waals surface area contributed by atoms with Crippen LogP contribution in [0.2, 0.25) is 0 Å². The topological polar surface area (TPSA) is 9.23 Å². The van der Waals surface area contributed by atoms with E-state index < -0.39 is 0 Å². The lowest BCUT2D eigenvalue weighted by molar-refractivity contribution is 0.367. The Hall–Kier alpha value is -1.24. The normalized spacial score (nSPS) is 16.2. The van der Waals surface area contributed by atoms with Gasteiger partial charge in [0.1, 0.15) is 11.5 Å². The maximum Gasteiger partial charge on any atom is 0.133 e. The molecule has 0 amide bonds. The van der Waals surface area contributed by atoms with Gasteiger partial charge in [-0.2, -0.15) is 0 Å². The molecule has 2 rings (SSSR count). The molecule has 1 aromatic rings. The SMILES string of the molecule is CC.CCc1c(C)c(C)c2c(c1C)CC/C(=C\CC[C@H](C)CCC[C@H](C)CCCC(C)C)O2. The molecule has 1 aliphatic heterocycles. The Balaban J connectivity index is 0.00000265. The van der Waals surface area contributed by atoms with E-state index in [1.165, 1.54) is 78.5 Å². The van der Waals surface area contributed by atoms with Gasteiger partial charge in [0.05, 0.1) is 0 Å². The number of allylic oxidation sites excluding steroid dienone is 2. The smallest absolute Gasteiger partial charge is 0.133 e. The number of ether oxygens (including phenoxy) is 1. The first-order chi connectivity index (χ1) is 15.7. The van der Waals surface area contributed by atoms with Crippen molar-refractivity contribution in [3.05, 3.63) is 39.7 Å². The second-order valence-electron chi connectivity index (χ2n) is 10.8. The molecule has 0 bridgehead atoms. The summed E-state index contributed by atoms with van der Waals surface area (Å²) < 4.78 is 6.43. The first kappa shape index (κ1) is 29.8. The molecule has 1 aliphatic rings. The van der Waals surface area contributed by atoms with E-state index in [2.05, 4.69) is 61.5 Å². The minimum absolute atomic E-state index is 0.814. The van der Waals surface area contributed by atoms with E-state index in [9.17, 15) is 0 Å². The minimum atomic E-state index is 0.814. The van der Waals surface area contributed by atoms with Crippen molar-refractivity contribution in [3.8, 4) is 5.75 Å². The van der Waals surface area contributed by atoms with E-state index in [4.69, 9.17) is 4.74 Å². The molecule has 1 nitrogen and oxygen atoms in total. The molecule has 0 aromatic heterocycles. The van der Waals surface area contributed by atoms with Crippen LogP contribution in [0, 0.1) is 38.5 Å². The van der Waals surface area contributed by atoms with E-state index in [1.54, 1.807) is 0 Å². The molecule has 190 valence electrons. The van der Waals surface area contributed by atoms with Gasteiger partial charge in [-0.05, 0) is 98.1 Å². The van der Waals surface area contributed by atoms with Gasteiger partial charge in [0.2, 0.25) is 0 Å². The third-order valence-electron chi connectivity index (χ3n) is 7.65. The summed E-state index contributed by atoms with van der Waals surface area (Å²) in [5, 5.41) is 0. The standard InChI is InChI=1S/C30H50O.C2H6/c1-9-28-24(6)25(7)30-29(26(28)8)20-19-27(31-30)18-12-17-23(5)16-11-15-22(4)14-10-13-21(2)3;1-2/h18,21-23H,9-17,19-20H2,1-8H3;1-2H3/b27-18+;/t22-,23-;/m1./s1. The summed E-state index contributed by atoms with van der Waals surface area (Å²) in [4.78, 5) is 0. The fourth-order valence-electron chi connectivity index (χ4n) is 5.31. The van der Waals surface area contributed by atoms with Gasteiger partial charge in [-0.3, -0.25) is 0 Å². The van der Waals surface area contributed by atoms with Crippen LogP contribution in [0.15, 0.2) is 11.8 Å². The van der Waals surface area contributed by atoms with Crippen LogP contribution < -0.4 is 4.74 Å². The average molecular weight is 457 g/mol. The van der Waals surface area contributed by atoms with Crippen molar-refractivity contribution in [1.82, 2.24) is 0 Å². The number of fused-ring (bicyclic) bond motifs is 1. The fourth-order valence-corrected chi connectivity index (χ4v) is 5.31. The number of hydrogen-bond acceptors (Lipinski definition) is 1. The molecular formula is C32H56O. The summed E-state index contributed by atoms with van der Waals surface area (Å²) in [6, 6.07) is 0. The van der Waals surface area contributed by atoms with Crippen molar-refractivity contribution >= 4 is 0 Å². The quantitative estimate of drug-likeness (QED) is 0.304. The molecule has 33 heavy (non-hydrogen) atoms. The summed E-state index contributed by atoms with van der Waals surface area (Å²) in [6.45, 7) is 22.6. The molecule has 2 atom stereocenters. The van der Waals surface area contributed by atoms with Crippen LogP contribution in [0.5, 0.6) is 5.75 Å². The van der Waals surface area contributed by atoms with Gasteiger partial charge in [0.15, 0.2) is 0 Å². The molecule has 1 heterocycles. The van der Waals surface area contributed by atoms with E-state index >= 15 is 0 Å². The Morgan fingerprint density at radius 3 is 1.91 bits per heavy atom. The second kappa shape index (κ2) is 15.6. The Morgan fingerprint density at radius 1 is 0.758 bits per heavy atom. The van der Waals surface area contributed by atoms with Crippen molar-refractivity contribution in [2.24, 2.45) is 17.8 Å². The monoisotopic (exact) mass is 456 g/mol. The van der Waals surface area contributed by atoms with Crippen molar-refractivity contribution in [2.75, 3.05) is 0 Å². The highest BCUT2D eigenvalue weighted by atomic mass is 16.5. The van der Waals surface area contributed by atoms with E-state index in [0.29, 0.717) is 0 Å². The van der Waals surface area contributed by atoms with Crippen LogP contribution in [0.4, 0.5) is 0 Å². The second-order valence-corrected chi connectivity index (χ2v) is 10.8. The highest BCUT2D eigenvalue weighted by molar-refractivity contribution is 5.56. The van der Waals surface area contributed by atoms with Crippen molar-refractivity contribution < 1.29 is 4.74 Å². The number of benzene rings is 1. The lowest BCUT2D eigenvalue weighted by Crippen LogP contribution is -2.13. The van der Waals surface area contributed by atoms with E-state index in [1.807, 2.05) is 13.8 Å². The highest BCUT2D eigenvalue weighted by Gasteiger charge is 2.22. The summed E-state index contributed by atoms with van der Waals surface area (Å²) in [5.41, 5.74) is 7.21. The molecule has 0 radical (unpaired) electrons. The fraction of sp³-hybridized carbons (Fsp3) is 0.750. The third kappa shape index (κ3) is 9.50. The lowest BCUT2D eigenvalue weighted by atomic mass is 9.87. The average Bonchev–Trinajstić information content (AvgIpc) is 2.79. The van der Waals surface area contributed by atoms with Gasteiger partial charge in [-0.25, -0.2) is 0 Å². The number of rotatable bonds is 12. The summed E-state index contributed by atoms with van der Waals surface area (Å²) in [5.74, 6) is 4.92. The third-order valence-corrected chi connectivity index (χ3v) is 7.65. The van der Waals surface area contributed by atoms with Gasteiger partial charge >= 0.3 is 0 Å². The molecular weight excluding hydrogens is 400 g/mol. The molecule has 0 spiro atoms. The van der Waals surface area contributed by atoms with Crippen LogP contribution >= 0.6 is 0 Å². The van der Waals surface area contributed by atoms with Crippen molar-refractivity contribution in [1.29, 1.82) is 0 Å². The van der Waals surface area contributed by atoms with Crippen molar-refractivity contribution in [2.45, 2.75) is 140 Å². The minimum Gasteiger partial charge on any atom is -0.461 e. The Kier molecular flexibility index (Phi) is 14.1. The molecule has 0 N–H and O–H groups in total. The zero-order valence-electron chi connectivity index (χ0n) is 24.0. The van der Waals surface area contributed by atoms with Gasteiger partial charge in [0.25, 0.3) is 0 Å². The molecule has 0 saturated heterocycles. The lowest BCUT2D eigenvalue weighted by Gasteiger charge is -2.27. The van der Waals surface area contributed by atoms with Crippen LogP contribution in [-0.2, 0) is 12.8 Å². The predicted molar refractivity (Wildman–Crippen MR) is 149 cm³/mol. The van der Waals surface area contributed by atoms with Crippen LogP contribution in [-0.4, -0.2) is 0 Å². The van der Waals surface area contributed by atoms with Crippen LogP contribution in [0.3, 0.4) is 0 Å². The summed E-state index contributed by atoms with van der Waals surface area (Å²) >= 11 is 0. The largest absolute Gasteiger partial charge is 0.461 e. The van der Waals surface area contributed by atoms with Gasteiger partial charge < -0.3 is 4.74 Å². The maximum atomic E-state index is 6.43. The Labute approximate surface area is 207 Å². The Bertz CT molecular complexity index is 725. The highest BCUT2D eigenvalue weighted by Crippen LogP contribution is 2.39. The zero-order chi connectivity index (χ0) is 25.0. The predicted octanol–water partition coefficient (Wildman–Crippen LogP) is 10.5. The summed E-state index contributed by atoms with van der Waals surface area (Å²) in [7, 11) is 0. The first-order valence-electron chi connectivity index (χ1n) is 14.2. The molecule has 1 heteroatoms. The van der Waals surface area contributed by atoms with Crippen LogP contribution in [0.1, 0.15) is 134 Å². The Morgan fingerprint density at radius 2 is 1.33 bits per heavy atom. The zero-order valence-corrected chi connectivity index (χ0v) is 24.0. The molecule has 0 fully saturated rings. The van der Waals surface area contributed by atoms with Crippen LogP contribution in [0.25, 0.3) is 0 Å². The summed E-state index contributed by atoms with van der Waals surface area (Å²) in [6.07, 6.45) is 16.5. The van der Waals surface area contributed by atoms with Gasteiger partial charge in [0, 0.05) is 6.42 Å². The number of hydrogen-bond donors (Lipinski definition) is 0. The molecule has 0 aliphatic carbocycles. The molecule has 0 saturated carbocycles. The van der Waals surface area contributed by atoms with Crippen molar-refractivity contribution in [3.63, 3.8) is 0 Å².